The number of pyridine rings is 1. The number of anilines is 2. The second kappa shape index (κ2) is 6.74. The highest BCUT2D eigenvalue weighted by Crippen LogP contribution is 2.18. The first-order valence-electron chi connectivity index (χ1n) is 6.87. The van der Waals surface area contributed by atoms with E-state index in [1.54, 1.807) is 12.1 Å². The molecule has 1 aromatic carbocycles. The third-order valence-corrected chi connectivity index (χ3v) is 3.04. The molecule has 1 amide bonds. The average molecular weight is 285 g/mol. The molecule has 0 radical (unpaired) electrons. The van der Waals surface area contributed by atoms with Crippen molar-refractivity contribution < 1.29 is 9.90 Å². The van der Waals surface area contributed by atoms with Crippen LogP contribution in [0, 0.1) is 6.92 Å². The highest BCUT2D eigenvalue weighted by molar-refractivity contribution is 5.90. The number of hydrogen-bond acceptors (Lipinski definition) is 4. The molecule has 5 heteroatoms. The second-order valence-corrected chi connectivity index (χ2v) is 4.75. The number of aromatic hydroxyl groups is 1. The van der Waals surface area contributed by atoms with E-state index in [-0.39, 0.29) is 11.7 Å². The summed E-state index contributed by atoms with van der Waals surface area (Å²) < 4.78 is 0. The van der Waals surface area contributed by atoms with Crippen molar-refractivity contribution in [3.8, 4) is 5.75 Å². The number of benzene rings is 1. The quantitative estimate of drug-likeness (QED) is 0.789. The molecule has 1 aromatic heterocycles. The maximum absolute atomic E-state index is 11.3. The summed E-state index contributed by atoms with van der Waals surface area (Å²) in [5, 5.41) is 15.7. The van der Waals surface area contributed by atoms with Gasteiger partial charge in [-0.05, 0) is 43.3 Å². The van der Waals surface area contributed by atoms with E-state index in [0.717, 1.165) is 17.1 Å². The summed E-state index contributed by atoms with van der Waals surface area (Å²) >= 11 is 0. The minimum absolute atomic E-state index is 0.00964. The number of nitrogens with zero attached hydrogens (tertiary/aromatic N) is 1. The van der Waals surface area contributed by atoms with Crippen LogP contribution < -0.4 is 10.6 Å². The lowest BCUT2D eigenvalue weighted by Gasteiger charge is -2.09. The minimum atomic E-state index is -0.00964. The predicted octanol–water partition coefficient (Wildman–Crippen LogP) is 3.06. The fourth-order valence-corrected chi connectivity index (χ4v) is 1.84. The Morgan fingerprint density at radius 3 is 2.48 bits per heavy atom. The first-order valence-corrected chi connectivity index (χ1v) is 6.87. The van der Waals surface area contributed by atoms with E-state index in [1.165, 1.54) is 0 Å². The van der Waals surface area contributed by atoms with Gasteiger partial charge >= 0.3 is 0 Å². The monoisotopic (exact) mass is 285 g/mol. The number of hydrogen-bond donors (Lipinski definition) is 3. The summed E-state index contributed by atoms with van der Waals surface area (Å²) in [7, 11) is 0. The molecule has 0 aliphatic carbocycles. The molecular formula is C16H19N3O2. The van der Waals surface area contributed by atoms with Crippen molar-refractivity contribution in [2.45, 2.75) is 26.8 Å². The summed E-state index contributed by atoms with van der Waals surface area (Å²) in [6.07, 6.45) is 0.457. The molecule has 3 N–H and O–H groups in total. The largest absolute Gasteiger partial charge is 0.506 e. The van der Waals surface area contributed by atoms with Gasteiger partial charge in [0, 0.05) is 23.5 Å². The van der Waals surface area contributed by atoms with Gasteiger partial charge in [-0.3, -0.25) is 9.78 Å². The van der Waals surface area contributed by atoms with Crippen molar-refractivity contribution in [1.29, 1.82) is 0 Å². The van der Waals surface area contributed by atoms with E-state index in [4.69, 9.17) is 0 Å². The van der Waals surface area contributed by atoms with Gasteiger partial charge in [0.25, 0.3) is 0 Å². The molecule has 5 nitrogen and oxygen atoms in total. The molecule has 0 bridgehead atoms. The molecule has 0 fully saturated rings. The van der Waals surface area contributed by atoms with Crippen molar-refractivity contribution in [2.75, 3.05) is 10.6 Å². The molecule has 0 aliphatic rings. The van der Waals surface area contributed by atoms with Crippen LogP contribution in [-0.2, 0) is 11.3 Å². The summed E-state index contributed by atoms with van der Waals surface area (Å²) in [5.41, 5.74) is 3.14. The van der Waals surface area contributed by atoms with Gasteiger partial charge in [-0.15, -0.1) is 0 Å². The lowest BCUT2D eigenvalue weighted by molar-refractivity contribution is -0.115. The molecule has 21 heavy (non-hydrogen) atoms. The Labute approximate surface area is 124 Å². The van der Waals surface area contributed by atoms with Gasteiger partial charge in [0.2, 0.25) is 5.91 Å². The lowest BCUT2D eigenvalue weighted by atomic mass is 10.2. The zero-order valence-corrected chi connectivity index (χ0v) is 12.2. The smallest absolute Gasteiger partial charge is 0.224 e. The van der Waals surface area contributed by atoms with Gasteiger partial charge in [-0.1, -0.05) is 6.92 Å². The number of aryl methyl sites for hydroxylation is 1. The fraction of sp³-hybridized carbons (Fsp3) is 0.250. The maximum atomic E-state index is 11.3. The Bertz CT molecular complexity index is 624. The zero-order valence-electron chi connectivity index (χ0n) is 12.2. The van der Waals surface area contributed by atoms with Crippen molar-refractivity contribution in [1.82, 2.24) is 4.98 Å². The second-order valence-electron chi connectivity index (χ2n) is 4.75. The Hall–Kier alpha value is -2.56. The summed E-state index contributed by atoms with van der Waals surface area (Å²) in [6.45, 7) is 4.13. The van der Waals surface area contributed by atoms with Gasteiger partial charge in [0.1, 0.15) is 11.4 Å². The molecule has 0 unspecified atom stereocenters. The van der Waals surface area contributed by atoms with Gasteiger partial charge in [-0.2, -0.15) is 0 Å². The molecule has 1 heterocycles. The van der Waals surface area contributed by atoms with Crippen LogP contribution in [0.4, 0.5) is 11.4 Å². The normalized spacial score (nSPS) is 10.2. The van der Waals surface area contributed by atoms with Crippen LogP contribution in [0.1, 0.15) is 24.7 Å². The Morgan fingerprint density at radius 2 is 1.81 bits per heavy atom. The van der Waals surface area contributed by atoms with Crippen molar-refractivity contribution in [2.24, 2.45) is 0 Å². The summed E-state index contributed by atoms with van der Waals surface area (Å²) in [4.78, 5) is 15.6. The van der Waals surface area contributed by atoms with Crippen LogP contribution in [0.3, 0.4) is 0 Å². The van der Waals surface area contributed by atoms with E-state index in [1.807, 2.05) is 38.1 Å². The SMILES string of the molecule is CCC(=O)Nc1ccc(NCc2nc(C)ccc2O)cc1. The van der Waals surface area contributed by atoms with E-state index in [0.29, 0.717) is 18.7 Å². The lowest BCUT2D eigenvalue weighted by Crippen LogP contribution is -2.09. The predicted molar refractivity (Wildman–Crippen MR) is 83.3 cm³/mol. The van der Waals surface area contributed by atoms with Crippen LogP contribution in [0.25, 0.3) is 0 Å². The van der Waals surface area contributed by atoms with Crippen molar-refractivity contribution >= 4 is 17.3 Å². The molecule has 2 aromatic rings. The van der Waals surface area contributed by atoms with E-state index >= 15 is 0 Å². The molecule has 0 spiro atoms. The van der Waals surface area contributed by atoms with Crippen molar-refractivity contribution in [3.63, 3.8) is 0 Å². The number of amides is 1. The third-order valence-electron chi connectivity index (χ3n) is 3.04. The van der Waals surface area contributed by atoms with Gasteiger partial charge in [0.05, 0.1) is 6.54 Å². The molecule has 0 saturated heterocycles. The first-order chi connectivity index (χ1) is 10.1. The molecular weight excluding hydrogens is 266 g/mol. The Morgan fingerprint density at radius 1 is 1.14 bits per heavy atom. The average Bonchev–Trinajstić information content (AvgIpc) is 2.49. The van der Waals surface area contributed by atoms with Crippen LogP contribution >= 0.6 is 0 Å². The molecule has 110 valence electrons. The maximum Gasteiger partial charge on any atom is 0.224 e. The van der Waals surface area contributed by atoms with Crippen LogP contribution in [0.15, 0.2) is 36.4 Å². The van der Waals surface area contributed by atoms with Gasteiger partial charge in [0.15, 0.2) is 0 Å². The van der Waals surface area contributed by atoms with Gasteiger partial charge in [-0.25, -0.2) is 0 Å². The number of rotatable bonds is 5. The number of aromatic nitrogens is 1. The van der Waals surface area contributed by atoms with Crippen LogP contribution in [-0.4, -0.2) is 16.0 Å². The topological polar surface area (TPSA) is 74.2 Å². The molecule has 0 atom stereocenters. The molecule has 2 rings (SSSR count). The fourth-order valence-electron chi connectivity index (χ4n) is 1.84. The summed E-state index contributed by atoms with van der Waals surface area (Å²) in [6, 6.07) is 10.8. The van der Waals surface area contributed by atoms with Crippen LogP contribution in [0.5, 0.6) is 5.75 Å². The number of nitrogens with one attached hydrogen (secondary N) is 2. The molecule has 0 aliphatic heterocycles. The van der Waals surface area contributed by atoms with E-state index < -0.39 is 0 Å². The van der Waals surface area contributed by atoms with E-state index in [9.17, 15) is 9.90 Å². The summed E-state index contributed by atoms with van der Waals surface area (Å²) in [5.74, 6) is 0.171. The van der Waals surface area contributed by atoms with E-state index in [2.05, 4.69) is 15.6 Å². The Balaban J connectivity index is 1.97. The zero-order chi connectivity index (χ0) is 15.2. The standard InChI is InChI=1S/C16H19N3O2/c1-3-16(21)19-13-7-5-12(6-8-13)17-10-14-15(20)9-4-11(2)18-14/h4-9,17,20H,3,10H2,1-2H3,(H,19,21). The Kier molecular flexibility index (Phi) is 4.77. The molecule has 0 saturated carbocycles. The third kappa shape index (κ3) is 4.21. The number of carbonyl (C=O) groups is 1. The van der Waals surface area contributed by atoms with Crippen LogP contribution in [0.2, 0.25) is 0 Å². The minimum Gasteiger partial charge on any atom is -0.506 e. The highest BCUT2D eigenvalue weighted by Gasteiger charge is 2.03. The highest BCUT2D eigenvalue weighted by atomic mass is 16.3. The van der Waals surface area contributed by atoms with Gasteiger partial charge < -0.3 is 15.7 Å². The first kappa shape index (κ1) is 14.8. The number of carbonyl (C=O) groups excluding carboxylic acids is 1. The van der Waals surface area contributed by atoms with Crippen molar-refractivity contribution in [3.05, 3.63) is 47.8 Å².